The highest BCUT2D eigenvalue weighted by Gasteiger charge is 2.40. The van der Waals surface area contributed by atoms with Crippen LogP contribution in [0.2, 0.25) is 5.02 Å². The normalized spacial score (nSPS) is 15.2. The lowest BCUT2D eigenvalue weighted by Crippen LogP contribution is -2.53. The highest BCUT2D eigenvalue weighted by atomic mass is 35.5. The number of hydrogen-bond acceptors (Lipinski definition) is 4. The second-order valence-corrected chi connectivity index (χ2v) is 7.00. The van der Waals surface area contributed by atoms with E-state index in [2.05, 4.69) is 10.3 Å². The molecule has 1 aliphatic rings. The summed E-state index contributed by atoms with van der Waals surface area (Å²) in [5.74, 6) is 0.243. The van der Waals surface area contributed by atoms with E-state index in [4.69, 9.17) is 16.3 Å². The Balaban J connectivity index is 1.67. The lowest BCUT2D eigenvalue weighted by atomic mass is 10.0. The molecule has 1 aromatic heterocycles. The van der Waals surface area contributed by atoms with E-state index >= 15 is 0 Å². The predicted molar refractivity (Wildman–Crippen MR) is 99.2 cm³/mol. The van der Waals surface area contributed by atoms with Gasteiger partial charge in [0.1, 0.15) is 5.75 Å². The number of amides is 2. The summed E-state index contributed by atoms with van der Waals surface area (Å²) in [6, 6.07) is 8.81. The lowest BCUT2D eigenvalue weighted by Gasteiger charge is -2.38. The van der Waals surface area contributed by atoms with E-state index in [-0.39, 0.29) is 24.8 Å². The molecule has 136 valence electrons. The number of benzene rings is 1. The molecule has 26 heavy (non-hydrogen) atoms. The number of halogens is 1. The smallest absolute Gasteiger partial charge is 0.270 e. The molecule has 6 nitrogen and oxygen atoms in total. The second kappa shape index (κ2) is 7.33. The maximum atomic E-state index is 12.7. The number of carbonyl (C=O) groups excluding carboxylic acids is 2. The van der Waals surface area contributed by atoms with E-state index in [9.17, 15) is 9.59 Å². The van der Waals surface area contributed by atoms with Gasteiger partial charge in [-0.1, -0.05) is 11.6 Å². The minimum Gasteiger partial charge on any atom is -0.476 e. The molecule has 0 fully saturated rings. The first kappa shape index (κ1) is 18.2. The Morgan fingerprint density at radius 2 is 2.00 bits per heavy atom. The van der Waals surface area contributed by atoms with Crippen molar-refractivity contribution in [1.82, 2.24) is 10.3 Å². The van der Waals surface area contributed by atoms with E-state index in [1.165, 1.54) is 0 Å². The molecule has 2 aromatic rings. The van der Waals surface area contributed by atoms with Gasteiger partial charge >= 0.3 is 0 Å². The van der Waals surface area contributed by atoms with Gasteiger partial charge in [0, 0.05) is 36.9 Å². The molecular weight excluding hydrogens is 354 g/mol. The number of fused-ring (bicyclic) bond motifs is 1. The molecule has 0 unspecified atom stereocenters. The minimum atomic E-state index is -0.992. The van der Waals surface area contributed by atoms with Crippen molar-refractivity contribution in [2.75, 3.05) is 11.4 Å². The number of rotatable bonds is 5. The summed E-state index contributed by atoms with van der Waals surface area (Å²) in [6.45, 7) is 4.10. The highest BCUT2D eigenvalue weighted by molar-refractivity contribution is 6.31. The average molecular weight is 374 g/mol. The van der Waals surface area contributed by atoms with Crippen LogP contribution in [0.15, 0.2) is 42.7 Å². The van der Waals surface area contributed by atoms with Crippen molar-refractivity contribution < 1.29 is 14.3 Å². The fourth-order valence-corrected chi connectivity index (χ4v) is 2.93. The third kappa shape index (κ3) is 3.96. The molecule has 0 radical (unpaired) electrons. The van der Waals surface area contributed by atoms with E-state index in [0.717, 1.165) is 5.56 Å². The maximum Gasteiger partial charge on any atom is 0.270 e. The van der Waals surface area contributed by atoms with Crippen molar-refractivity contribution in [2.45, 2.75) is 32.4 Å². The Morgan fingerprint density at radius 1 is 1.27 bits per heavy atom. The molecule has 0 bridgehead atoms. The predicted octanol–water partition coefficient (Wildman–Crippen LogP) is 2.95. The van der Waals surface area contributed by atoms with Crippen molar-refractivity contribution in [3.05, 3.63) is 53.3 Å². The lowest BCUT2D eigenvalue weighted by molar-refractivity contribution is -0.132. The van der Waals surface area contributed by atoms with Crippen molar-refractivity contribution in [3.8, 4) is 5.75 Å². The van der Waals surface area contributed by atoms with Gasteiger partial charge in [0.15, 0.2) is 5.60 Å². The van der Waals surface area contributed by atoms with Gasteiger partial charge in [-0.3, -0.25) is 14.6 Å². The zero-order valence-electron chi connectivity index (χ0n) is 14.7. The first-order chi connectivity index (χ1) is 12.4. The van der Waals surface area contributed by atoms with Gasteiger partial charge in [0.05, 0.1) is 5.69 Å². The summed E-state index contributed by atoms with van der Waals surface area (Å²) >= 11 is 6.06. The van der Waals surface area contributed by atoms with Crippen LogP contribution in [-0.2, 0) is 16.1 Å². The van der Waals surface area contributed by atoms with Crippen LogP contribution in [0.25, 0.3) is 0 Å². The molecule has 7 heteroatoms. The van der Waals surface area contributed by atoms with Gasteiger partial charge in [0.25, 0.3) is 5.91 Å². The molecule has 1 aromatic carbocycles. The molecule has 0 spiro atoms. The van der Waals surface area contributed by atoms with Gasteiger partial charge in [-0.25, -0.2) is 0 Å². The Morgan fingerprint density at radius 3 is 2.73 bits per heavy atom. The van der Waals surface area contributed by atoms with Crippen LogP contribution in [0.4, 0.5) is 5.69 Å². The topological polar surface area (TPSA) is 71.5 Å². The van der Waals surface area contributed by atoms with E-state index in [0.29, 0.717) is 23.0 Å². The Kier molecular flexibility index (Phi) is 5.13. The molecule has 1 N–H and O–H groups in total. The molecule has 0 atom stereocenters. The van der Waals surface area contributed by atoms with Crippen LogP contribution in [0.1, 0.15) is 25.8 Å². The number of hydrogen-bond donors (Lipinski definition) is 1. The third-order valence-corrected chi connectivity index (χ3v) is 4.37. The molecular formula is C19H20ClN3O3. The zero-order valence-corrected chi connectivity index (χ0v) is 15.4. The summed E-state index contributed by atoms with van der Waals surface area (Å²) in [5, 5.41) is 3.35. The van der Waals surface area contributed by atoms with Crippen LogP contribution in [0, 0.1) is 0 Å². The fourth-order valence-electron chi connectivity index (χ4n) is 2.77. The van der Waals surface area contributed by atoms with Gasteiger partial charge in [0.2, 0.25) is 5.91 Å². The SMILES string of the molecule is CC1(C)Oc2ccc(Cl)cc2N(CCC(=O)NCc2ccncc2)C1=O. The van der Waals surface area contributed by atoms with Crippen LogP contribution >= 0.6 is 11.6 Å². The average Bonchev–Trinajstić information content (AvgIpc) is 2.62. The van der Waals surface area contributed by atoms with Crippen LogP contribution in [0.5, 0.6) is 5.75 Å². The first-order valence-electron chi connectivity index (χ1n) is 8.33. The first-order valence-corrected chi connectivity index (χ1v) is 8.71. The second-order valence-electron chi connectivity index (χ2n) is 6.56. The highest BCUT2D eigenvalue weighted by Crippen LogP contribution is 2.39. The fraction of sp³-hybridized carbons (Fsp3) is 0.316. The van der Waals surface area contributed by atoms with Crippen molar-refractivity contribution in [2.24, 2.45) is 0 Å². The standard InChI is InChI=1S/C19H20ClN3O3/c1-19(2)18(25)23(15-11-14(20)3-4-16(15)26-19)10-7-17(24)22-12-13-5-8-21-9-6-13/h3-6,8-9,11H,7,10,12H2,1-2H3,(H,22,24). The van der Waals surface area contributed by atoms with E-state index in [1.54, 1.807) is 49.3 Å². The molecule has 1 aliphatic heterocycles. The Bertz CT molecular complexity index is 824. The van der Waals surface area contributed by atoms with Crippen molar-refractivity contribution >= 4 is 29.1 Å². The molecule has 2 amide bonds. The number of nitrogens with zero attached hydrogens (tertiary/aromatic N) is 2. The van der Waals surface area contributed by atoms with Crippen LogP contribution < -0.4 is 15.0 Å². The summed E-state index contributed by atoms with van der Waals surface area (Å²) in [7, 11) is 0. The quantitative estimate of drug-likeness (QED) is 0.874. The van der Waals surface area contributed by atoms with Crippen molar-refractivity contribution in [1.29, 1.82) is 0 Å². The van der Waals surface area contributed by atoms with Gasteiger partial charge in [-0.2, -0.15) is 0 Å². The van der Waals surface area contributed by atoms with E-state index < -0.39 is 5.60 Å². The summed E-state index contributed by atoms with van der Waals surface area (Å²) < 4.78 is 5.77. The molecule has 0 saturated heterocycles. The minimum absolute atomic E-state index is 0.137. The number of aromatic nitrogens is 1. The largest absolute Gasteiger partial charge is 0.476 e. The molecule has 0 saturated carbocycles. The summed E-state index contributed by atoms with van der Waals surface area (Å²) in [4.78, 5) is 30.4. The van der Waals surface area contributed by atoms with E-state index in [1.807, 2.05) is 12.1 Å². The van der Waals surface area contributed by atoms with Crippen LogP contribution in [0.3, 0.4) is 0 Å². The van der Waals surface area contributed by atoms with Gasteiger partial charge in [-0.05, 0) is 49.7 Å². The van der Waals surface area contributed by atoms with Gasteiger partial charge in [-0.15, -0.1) is 0 Å². The van der Waals surface area contributed by atoms with Crippen molar-refractivity contribution in [3.63, 3.8) is 0 Å². The number of nitrogens with one attached hydrogen (secondary N) is 1. The Labute approximate surface area is 157 Å². The van der Waals surface area contributed by atoms with Crippen LogP contribution in [-0.4, -0.2) is 28.9 Å². The molecule has 2 heterocycles. The number of anilines is 1. The number of carbonyl (C=O) groups is 2. The molecule has 0 aliphatic carbocycles. The van der Waals surface area contributed by atoms with Gasteiger partial charge < -0.3 is 15.0 Å². The summed E-state index contributed by atoms with van der Waals surface area (Å²) in [6.07, 6.45) is 3.53. The summed E-state index contributed by atoms with van der Waals surface area (Å²) in [5.41, 5.74) is 0.562. The third-order valence-electron chi connectivity index (χ3n) is 4.14. The number of ether oxygens (including phenoxy) is 1. The molecule has 3 rings (SSSR count). The maximum absolute atomic E-state index is 12.7. The number of pyridine rings is 1. The zero-order chi connectivity index (χ0) is 18.7. The Hall–Kier alpha value is -2.60. The monoisotopic (exact) mass is 373 g/mol.